The molecule has 6 nitrogen and oxygen atoms in total. The van der Waals surface area contributed by atoms with Gasteiger partial charge in [-0.15, -0.1) is 11.8 Å². The molecule has 1 atom stereocenters. The zero-order valence-corrected chi connectivity index (χ0v) is 12.9. The average molecular weight is 300 g/mol. The Balaban J connectivity index is 1.72. The average Bonchev–Trinajstić information content (AvgIpc) is 2.97. The summed E-state index contributed by atoms with van der Waals surface area (Å²) in [6.45, 7) is 7.50. The Labute approximate surface area is 124 Å². The Bertz CT molecular complexity index is 347. The molecule has 2 heterocycles. The standard InChI is InChI=1S/C13H24N4O2S/c1-2-12(18)17-10-20-9-11(17)13(19)15-5-8-16-6-3-14-4-7-16/h11,14H,2-10H2,1H3,(H,15,19). The van der Waals surface area contributed by atoms with Crippen molar-refractivity contribution >= 4 is 23.6 Å². The first-order valence-corrected chi connectivity index (χ1v) is 8.46. The summed E-state index contributed by atoms with van der Waals surface area (Å²) in [7, 11) is 0. The van der Waals surface area contributed by atoms with Crippen molar-refractivity contribution in [2.24, 2.45) is 0 Å². The van der Waals surface area contributed by atoms with Gasteiger partial charge in [-0.2, -0.15) is 0 Å². The van der Waals surface area contributed by atoms with E-state index in [9.17, 15) is 9.59 Å². The SMILES string of the molecule is CCC(=O)N1CSCC1C(=O)NCCN1CCNCC1. The van der Waals surface area contributed by atoms with Gasteiger partial charge < -0.3 is 15.5 Å². The van der Waals surface area contributed by atoms with Gasteiger partial charge in [-0.05, 0) is 0 Å². The van der Waals surface area contributed by atoms with E-state index in [1.807, 2.05) is 6.92 Å². The minimum absolute atomic E-state index is 0.00747. The number of hydrogen-bond acceptors (Lipinski definition) is 5. The Morgan fingerprint density at radius 3 is 2.80 bits per heavy atom. The molecule has 0 aromatic rings. The minimum Gasteiger partial charge on any atom is -0.353 e. The summed E-state index contributed by atoms with van der Waals surface area (Å²) in [5, 5.41) is 6.28. The van der Waals surface area contributed by atoms with Crippen molar-refractivity contribution in [1.29, 1.82) is 0 Å². The molecule has 2 aliphatic rings. The lowest BCUT2D eigenvalue weighted by Gasteiger charge is -2.28. The van der Waals surface area contributed by atoms with Crippen LogP contribution in [0.15, 0.2) is 0 Å². The van der Waals surface area contributed by atoms with Gasteiger partial charge in [0.15, 0.2) is 0 Å². The van der Waals surface area contributed by atoms with Gasteiger partial charge in [-0.25, -0.2) is 0 Å². The van der Waals surface area contributed by atoms with Crippen LogP contribution in [-0.4, -0.2) is 78.6 Å². The number of nitrogens with zero attached hydrogens (tertiary/aromatic N) is 2. The molecule has 0 radical (unpaired) electrons. The van der Waals surface area contributed by atoms with Crippen LogP contribution < -0.4 is 10.6 Å². The first-order valence-electron chi connectivity index (χ1n) is 7.30. The molecule has 20 heavy (non-hydrogen) atoms. The third-order valence-electron chi connectivity index (χ3n) is 3.74. The molecule has 0 aromatic carbocycles. The van der Waals surface area contributed by atoms with Gasteiger partial charge in [0.1, 0.15) is 6.04 Å². The maximum Gasteiger partial charge on any atom is 0.243 e. The second-order valence-electron chi connectivity index (χ2n) is 5.12. The first-order chi connectivity index (χ1) is 9.72. The van der Waals surface area contributed by atoms with E-state index in [-0.39, 0.29) is 17.9 Å². The molecule has 2 saturated heterocycles. The summed E-state index contributed by atoms with van der Waals surface area (Å²) >= 11 is 1.65. The first kappa shape index (κ1) is 15.6. The molecule has 2 aliphatic heterocycles. The van der Waals surface area contributed by atoms with Crippen molar-refractivity contribution in [1.82, 2.24) is 20.4 Å². The van der Waals surface area contributed by atoms with E-state index in [1.165, 1.54) is 0 Å². The summed E-state index contributed by atoms with van der Waals surface area (Å²) in [6, 6.07) is -0.282. The number of nitrogens with one attached hydrogen (secondary N) is 2. The molecular weight excluding hydrogens is 276 g/mol. The lowest BCUT2D eigenvalue weighted by atomic mass is 10.2. The van der Waals surface area contributed by atoms with Crippen LogP contribution >= 0.6 is 11.8 Å². The van der Waals surface area contributed by atoms with Gasteiger partial charge in [0.25, 0.3) is 0 Å². The smallest absolute Gasteiger partial charge is 0.243 e. The van der Waals surface area contributed by atoms with Gasteiger partial charge in [0.2, 0.25) is 11.8 Å². The lowest BCUT2D eigenvalue weighted by molar-refractivity contribution is -0.137. The van der Waals surface area contributed by atoms with E-state index in [0.29, 0.717) is 24.6 Å². The summed E-state index contributed by atoms with van der Waals surface area (Å²) in [4.78, 5) is 28.0. The van der Waals surface area contributed by atoms with Gasteiger partial charge in [0.05, 0.1) is 5.88 Å². The van der Waals surface area contributed by atoms with E-state index >= 15 is 0 Å². The zero-order chi connectivity index (χ0) is 14.4. The van der Waals surface area contributed by atoms with Crippen LogP contribution in [0.5, 0.6) is 0 Å². The van der Waals surface area contributed by atoms with Crippen LogP contribution in [0, 0.1) is 0 Å². The number of amides is 2. The molecule has 0 aliphatic carbocycles. The van der Waals surface area contributed by atoms with E-state index in [0.717, 1.165) is 32.7 Å². The molecule has 114 valence electrons. The predicted molar refractivity (Wildman–Crippen MR) is 80.6 cm³/mol. The van der Waals surface area contributed by atoms with Crippen LogP contribution in [0.1, 0.15) is 13.3 Å². The fraction of sp³-hybridized carbons (Fsp3) is 0.846. The third kappa shape index (κ3) is 4.10. The molecule has 0 spiro atoms. The lowest BCUT2D eigenvalue weighted by Crippen LogP contribution is -2.50. The molecular formula is C13H24N4O2S. The molecule has 0 saturated carbocycles. The molecule has 2 fully saturated rings. The van der Waals surface area contributed by atoms with E-state index < -0.39 is 0 Å². The molecule has 2 rings (SSSR count). The van der Waals surface area contributed by atoms with Crippen molar-refractivity contribution < 1.29 is 9.59 Å². The topological polar surface area (TPSA) is 64.7 Å². The maximum absolute atomic E-state index is 12.2. The van der Waals surface area contributed by atoms with Crippen LogP contribution in [-0.2, 0) is 9.59 Å². The predicted octanol–water partition coefficient (Wildman–Crippen LogP) is -0.681. The van der Waals surface area contributed by atoms with Crippen molar-refractivity contribution in [3.63, 3.8) is 0 Å². The van der Waals surface area contributed by atoms with Crippen LogP contribution in [0.25, 0.3) is 0 Å². The van der Waals surface area contributed by atoms with E-state index in [1.54, 1.807) is 16.7 Å². The summed E-state index contributed by atoms with van der Waals surface area (Å²) in [5.41, 5.74) is 0. The normalized spacial score (nSPS) is 23.9. The number of piperazine rings is 1. The van der Waals surface area contributed by atoms with E-state index in [2.05, 4.69) is 15.5 Å². The van der Waals surface area contributed by atoms with Crippen molar-refractivity contribution in [3.8, 4) is 0 Å². The second kappa shape index (κ2) is 7.85. The molecule has 7 heteroatoms. The van der Waals surface area contributed by atoms with Gasteiger partial charge in [-0.3, -0.25) is 14.5 Å². The van der Waals surface area contributed by atoms with Crippen molar-refractivity contribution in [2.75, 3.05) is 50.9 Å². The number of carbonyl (C=O) groups excluding carboxylic acids is 2. The monoisotopic (exact) mass is 300 g/mol. The molecule has 2 N–H and O–H groups in total. The van der Waals surface area contributed by atoms with Crippen LogP contribution in [0.2, 0.25) is 0 Å². The van der Waals surface area contributed by atoms with Crippen molar-refractivity contribution in [3.05, 3.63) is 0 Å². The second-order valence-corrected chi connectivity index (χ2v) is 6.12. The van der Waals surface area contributed by atoms with E-state index in [4.69, 9.17) is 0 Å². The zero-order valence-electron chi connectivity index (χ0n) is 12.1. The summed E-state index contributed by atoms with van der Waals surface area (Å²) in [6.07, 6.45) is 0.463. The number of thioether (sulfide) groups is 1. The highest BCUT2D eigenvalue weighted by Gasteiger charge is 2.33. The van der Waals surface area contributed by atoms with Crippen LogP contribution in [0.3, 0.4) is 0 Å². The Hall–Kier alpha value is -0.790. The minimum atomic E-state index is -0.282. The highest BCUT2D eigenvalue weighted by atomic mass is 32.2. The maximum atomic E-state index is 12.2. The highest BCUT2D eigenvalue weighted by molar-refractivity contribution is 7.99. The fourth-order valence-corrected chi connectivity index (χ4v) is 3.68. The number of rotatable bonds is 5. The molecule has 0 bridgehead atoms. The molecule has 1 unspecified atom stereocenters. The van der Waals surface area contributed by atoms with Crippen molar-refractivity contribution in [2.45, 2.75) is 19.4 Å². The summed E-state index contributed by atoms with van der Waals surface area (Å²) in [5.74, 6) is 1.41. The quantitative estimate of drug-likeness (QED) is 0.704. The molecule has 2 amide bonds. The summed E-state index contributed by atoms with van der Waals surface area (Å²) < 4.78 is 0. The Kier molecular flexibility index (Phi) is 6.12. The number of hydrogen-bond donors (Lipinski definition) is 2. The molecule has 0 aromatic heterocycles. The van der Waals surface area contributed by atoms with Crippen LogP contribution in [0.4, 0.5) is 0 Å². The Morgan fingerprint density at radius 2 is 2.10 bits per heavy atom. The highest BCUT2D eigenvalue weighted by Crippen LogP contribution is 2.21. The fourth-order valence-electron chi connectivity index (χ4n) is 2.50. The number of carbonyl (C=O) groups is 2. The van der Waals surface area contributed by atoms with Gasteiger partial charge >= 0.3 is 0 Å². The largest absolute Gasteiger partial charge is 0.353 e. The Morgan fingerprint density at radius 1 is 1.35 bits per heavy atom. The van der Waals surface area contributed by atoms with Gasteiger partial charge in [-0.1, -0.05) is 6.92 Å². The third-order valence-corrected chi connectivity index (χ3v) is 4.76. The van der Waals surface area contributed by atoms with Gasteiger partial charge in [0, 0.05) is 51.4 Å².